The fraction of sp³-hybridized carbons (Fsp3) is 0.167. The normalized spacial score (nSPS) is 10.6. The molecule has 0 spiro atoms. The zero-order chi connectivity index (χ0) is 15.5. The third-order valence-electron chi connectivity index (χ3n) is 3.38. The van der Waals surface area contributed by atoms with Crippen molar-refractivity contribution >= 4 is 16.8 Å². The fourth-order valence-corrected chi connectivity index (χ4v) is 2.34. The lowest BCUT2D eigenvalue weighted by atomic mass is 10.1. The lowest BCUT2D eigenvalue weighted by Gasteiger charge is -2.04. The van der Waals surface area contributed by atoms with E-state index in [0.29, 0.717) is 23.5 Å². The van der Waals surface area contributed by atoms with Crippen molar-refractivity contribution in [3.63, 3.8) is 0 Å². The molecule has 0 aliphatic heterocycles. The Labute approximate surface area is 128 Å². The first-order valence-corrected chi connectivity index (χ1v) is 7.07. The van der Waals surface area contributed by atoms with E-state index < -0.39 is 0 Å². The van der Waals surface area contributed by atoms with Crippen LogP contribution in [0.15, 0.2) is 52.9 Å². The molecule has 0 unspecified atom stereocenters. The summed E-state index contributed by atoms with van der Waals surface area (Å²) >= 11 is 0. The van der Waals surface area contributed by atoms with E-state index in [9.17, 15) is 4.79 Å². The Morgan fingerprint density at radius 3 is 2.73 bits per heavy atom. The number of ether oxygens (including phenoxy) is 2. The highest BCUT2D eigenvalue weighted by Gasteiger charge is 2.18. The molecule has 0 saturated carbocycles. The third-order valence-corrected chi connectivity index (χ3v) is 3.38. The summed E-state index contributed by atoms with van der Waals surface area (Å²) in [4.78, 5) is 12.6. The Kier molecular flexibility index (Phi) is 3.83. The van der Waals surface area contributed by atoms with Gasteiger partial charge in [-0.15, -0.1) is 0 Å². The van der Waals surface area contributed by atoms with Crippen molar-refractivity contribution in [3.8, 4) is 11.5 Å². The largest absolute Gasteiger partial charge is 0.496 e. The molecule has 0 fully saturated rings. The second-order valence-corrected chi connectivity index (χ2v) is 4.77. The fourth-order valence-electron chi connectivity index (χ4n) is 2.34. The molecule has 0 N–H and O–H groups in total. The molecule has 0 aliphatic rings. The van der Waals surface area contributed by atoms with Gasteiger partial charge in [-0.25, -0.2) is 0 Å². The van der Waals surface area contributed by atoms with Gasteiger partial charge in [0.1, 0.15) is 17.1 Å². The quantitative estimate of drug-likeness (QED) is 0.666. The molecular formula is C18H16O4. The molecule has 3 aromatic rings. The van der Waals surface area contributed by atoms with Crippen LogP contribution >= 0.6 is 0 Å². The van der Waals surface area contributed by atoms with E-state index in [1.165, 1.54) is 0 Å². The summed E-state index contributed by atoms with van der Waals surface area (Å²) in [5.41, 5.74) is 1.11. The number of hydrogen-bond donors (Lipinski definition) is 0. The van der Waals surface area contributed by atoms with Gasteiger partial charge in [0, 0.05) is 11.5 Å². The van der Waals surface area contributed by atoms with Gasteiger partial charge >= 0.3 is 0 Å². The maximum atomic E-state index is 12.6. The van der Waals surface area contributed by atoms with Crippen LogP contribution in [0.3, 0.4) is 0 Å². The lowest BCUT2D eigenvalue weighted by molar-refractivity contribution is 0.101. The van der Waals surface area contributed by atoms with Crippen LogP contribution in [0, 0.1) is 0 Å². The van der Waals surface area contributed by atoms with E-state index >= 15 is 0 Å². The van der Waals surface area contributed by atoms with Crippen molar-refractivity contribution in [2.45, 2.75) is 6.92 Å². The van der Waals surface area contributed by atoms with Crippen LogP contribution in [0.1, 0.15) is 23.0 Å². The van der Waals surface area contributed by atoms with Crippen molar-refractivity contribution < 1.29 is 18.7 Å². The summed E-state index contributed by atoms with van der Waals surface area (Å²) in [5, 5.41) is 0.863. The predicted molar refractivity (Wildman–Crippen MR) is 83.8 cm³/mol. The smallest absolute Gasteiger partial charge is 0.231 e. The molecular weight excluding hydrogens is 280 g/mol. The highest BCUT2D eigenvalue weighted by atomic mass is 16.5. The maximum absolute atomic E-state index is 12.6. The Balaban J connectivity index is 2.00. The van der Waals surface area contributed by atoms with E-state index in [-0.39, 0.29) is 11.5 Å². The van der Waals surface area contributed by atoms with E-state index in [0.717, 1.165) is 11.1 Å². The summed E-state index contributed by atoms with van der Waals surface area (Å²) < 4.78 is 16.4. The number of rotatable bonds is 5. The van der Waals surface area contributed by atoms with Gasteiger partial charge in [0.15, 0.2) is 5.76 Å². The number of carbonyl (C=O) groups is 1. The van der Waals surface area contributed by atoms with Gasteiger partial charge in [0.2, 0.25) is 5.78 Å². The molecule has 4 heteroatoms. The van der Waals surface area contributed by atoms with Gasteiger partial charge in [-0.05, 0) is 37.3 Å². The first kappa shape index (κ1) is 14.2. The van der Waals surface area contributed by atoms with Crippen LogP contribution in [0.2, 0.25) is 0 Å². The van der Waals surface area contributed by atoms with Crippen LogP contribution in [-0.2, 0) is 0 Å². The molecule has 4 nitrogen and oxygen atoms in total. The number of carbonyl (C=O) groups excluding carboxylic acids is 1. The lowest BCUT2D eigenvalue weighted by Crippen LogP contribution is -2.02. The average molecular weight is 296 g/mol. The van der Waals surface area contributed by atoms with Gasteiger partial charge in [-0.3, -0.25) is 4.79 Å². The molecule has 0 bridgehead atoms. The maximum Gasteiger partial charge on any atom is 0.231 e. The molecule has 1 aromatic heterocycles. The monoisotopic (exact) mass is 296 g/mol. The van der Waals surface area contributed by atoms with Gasteiger partial charge < -0.3 is 13.9 Å². The van der Waals surface area contributed by atoms with Crippen LogP contribution in [0.25, 0.3) is 11.0 Å². The molecule has 2 aromatic carbocycles. The standard InChI is InChI=1S/C18H16O4/c1-3-21-13-9-8-12-10-17(22-16(12)11-13)18(19)14-6-4-5-7-15(14)20-2/h4-11H,3H2,1-2H3. The average Bonchev–Trinajstić information content (AvgIpc) is 2.97. The first-order valence-electron chi connectivity index (χ1n) is 7.07. The molecule has 0 amide bonds. The summed E-state index contributed by atoms with van der Waals surface area (Å²) in [6, 6.07) is 14.4. The number of methoxy groups -OCH3 is 1. The number of fused-ring (bicyclic) bond motifs is 1. The van der Waals surface area contributed by atoms with Crippen molar-refractivity contribution in [3.05, 3.63) is 59.9 Å². The van der Waals surface area contributed by atoms with Gasteiger partial charge in [-0.2, -0.15) is 0 Å². The number of hydrogen-bond acceptors (Lipinski definition) is 4. The topological polar surface area (TPSA) is 48.7 Å². The molecule has 0 aliphatic carbocycles. The van der Waals surface area contributed by atoms with Crippen LogP contribution in [0.5, 0.6) is 11.5 Å². The first-order chi connectivity index (χ1) is 10.7. The molecule has 3 rings (SSSR count). The predicted octanol–water partition coefficient (Wildman–Crippen LogP) is 4.07. The molecule has 112 valence electrons. The van der Waals surface area contributed by atoms with E-state index in [1.807, 2.05) is 25.1 Å². The number of furan rings is 1. The Morgan fingerprint density at radius 1 is 1.14 bits per heavy atom. The zero-order valence-corrected chi connectivity index (χ0v) is 12.5. The number of ketones is 1. The summed E-state index contributed by atoms with van der Waals surface area (Å²) in [7, 11) is 1.54. The minimum Gasteiger partial charge on any atom is -0.496 e. The van der Waals surface area contributed by atoms with Crippen LogP contribution < -0.4 is 9.47 Å². The Hall–Kier alpha value is -2.75. The highest BCUT2D eigenvalue weighted by Crippen LogP contribution is 2.27. The number of benzene rings is 2. The van der Waals surface area contributed by atoms with Crippen LogP contribution in [0.4, 0.5) is 0 Å². The van der Waals surface area contributed by atoms with E-state index in [1.54, 1.807) is 37.4 Å². The second kappa shape index (κ2) is 5.93. The SMILES string of the molecule is CCOc1ccc2cc(C(=O)c3ccccc3OC)oc2c1. The molecule has 22 heavy (non-hydrogen) atoms. The molecule has 0 atom stereocenters. The Bertz CT molecular complexity index is 817. The van der Waals surface area contributed by atoms with Crippen molar-refractivity contribution in [2.75, 3.05) is 13.7 Å². The van der Waals surface area contributed by atoms with E-state index in [2.05, 4.69) is 0 Å². The zero-order valence-electron chi connectivity index (χ0n) is 12.5. The second-order valence-electron chi connectivity index (χ2n) is 4.77. The highest BCUT2D eigenvalue weighted by molar-refractivity contribution is 6.10. The third kappa shape index (κ3) is 2.55. The van der Waals surface area contributed by atoms with Gasteiger partial charge in [-0.1, -0.05) is 12.1 Å². The van der Waals surface area contributed by atoms with Crippen molar-refractivity contribution in [1.82, 2.24) is 0 Å². The van der Waals surface area contributed by atoms with Crippen LogP contribution in [-0.4, -0.2) is 19.5 Å². The summed E-state index contributed by atoms with van der Waals surface area (Å²) in [6.45, 7) is 2.50. The van der Waals surface area contributed by atoms with Crippen molar-refractivity contribution in [1.29, 1.82) is 0 Å². The summed E-state index contributed by atoms with van der Waals surface area (Å²) in [5.74, 6) is 1.34. The van der Waals surface area contributed by atoms with Gasteiger partial charge in [0.05, 0.1) is 19.3 Å². The van der Waals surface area contributed by atoms with Gasteiger partial charge in [0.25, 0.3) is 0 Å². The van der Waals surface area contributed by atoms with Crippen molar-refractivity contribution in [2.24, 2.45) is 0 Å². The number of para-hydroxylation sites is 1. The molecule has 0 radical (unpaired) electrons. The summed E-state index contributed by atoms with van der Waals surface area (Å²) in [6.07, 6.45) is 0. The molecule has 0 saturated heterocycles. The van der Waals surface area contributed by atoms with E-state index in [4.69, 9.17) is 13.9 Å². The minimum atomic E-state index is -0.202. The minimum absolute atomic E-state index is 0.202. The molecule has 1 heterocycles. The Morgan fingerprint density at radius 2 is 1.95 bits per heavy atom.